The maximum Gasteiger partial charge on any atom is 0.192 e. The van der Waals surface area contributed by atoms with E-state index in [0.717, 1.165) is 5.57 Å². The predicted octanol–water partition coefficient (Wildman–Crippen LogP) is 5.55. The summed E-state index contributed by atoms with van der Waals surface area (Å²) < 4.78 is 6.82. The highest BCUT2D eigenvalue weighted by molar-refractivity contribution is 6.74. The van der Waals surface area contributed by atoms with Gasteiger partial charge in [0.2, 0.25) is 0 Å². The molecule has 0 radical (unpaired) electrons. The van der Waals surface area contributed by atoms with Gasteiger partial charge < -0.3 is 9.22 Å². The van der Waals surface area contributed by atoms with E-state index in [9.17, 15) is 9.59 Å². The molecule has 0 aliphatic heterocycles. The van der Waals surface area contributed by atoms with Gasteiger partial charge in [0, 0.05) is 24.2 Å². The molecule has 1 aliphatic carbocycles. The molecule has 4 atom stereocenters. The van der Waals surface area contributed by atoms with Crippen LogP contribution in [0.2, 0.25) is 18.1 Å². The first kappa shape index (κ1) is 22.3. The molecule has 144 valence electrons. The molecule has 0 aromatic carbocycles. The highest BCUT2D eigenvalue weighted by Gasteiger charge is 2.52. The van der Waals surface area contributed by atoms with Gasteiger partial charge in [-0.15, -0.1) is 0 Å². The Hall–Kier alpha value is -0.743. The maximum absolute atomic E-state index is 13.0. The second-order valence-electron chi connectivity index (χ2n) is 9.83. The summed E-state index contributed by atoms with van der Waals surface area (Å²) in [5.74, 6) is 0.542. The van der Waals surface area contributed by atoms with Crippen LogP contribution in [0.4, 0.5) is 0 Å². The average Bonchev–Trinajstić information content (AvgIpc) is 2.44. The lowest BCUT2D eigenvalue weighted by Gasteiger charge is -2.51. The lowest BCUT2D eigenvalue weighted by atomic mass is 9.60. The van der Waals surface area contributed by atoms with E-state index in [2.05, 4.69) is 47.4 Å². The van der Waals surface area contributed by atoms with Crippen LogP contribution < -0.4 is 0 Å². The van der Waals surface area contributed by atoms with Crippen LogP contribution in [0.5, 0.6) is 0 Å². The van der Waals surface area contributed by atoms with Gasteiger partial charge >= 0.3 is 0 Å². The minimum atomic E-state index is -1.97. The Balaban J connectivity index is 3.22. The molecule has 0 saturated heterocycles. The van der Waals surface area contributed by atoms with Crippen molar-refractivity contribution in [3.8, 4) is 0 Å². The molecule has 0 bridgehead atoms. The van der Waals surface area contributed by atoms with Crippen molar-refractivity contribution in [1.82, 2.24) is 0 Å². The van der Waals surface area contributed by atoms with Crippen LogP contribution in [-0.2, 0) is 14.0 Å². The van der Waals surface area contributed by atoms with Crippen molar-refractivity contribution >= 4 is 19.9 Å². The van der Waals surface area contributed by atoms with Gasteiger partial charge in [0.15, 0.2) is 8.32 Å². The highest BCUT2D eigenvalue weighted by atomic mass is 28.4. The minimum absolute atomic E-state index is 0.00644. The standard InChI is InChI=1S/C21H38O3Si/c1-14(2)17-13-18(23)21(8,12-11-15(3)22)16(4)19(17)24-25(9,10)20(5,6)7/h16-17,19H,1,11-13H2,2-10H3/t16-,17+,19?,21+/m0/s1. The van der Waals surface area contributed by atoms with E-state index >= 15 is 0 Å². The normalized spacial score (nSPS) is 31.1. The molecule has 0 aromatic heterocycles. The van der Waals surface area contributed by atoms with E-state index in [4.69, 9.17) is 4.43 Å². The highest BCUT2D eigenvalue weighted by Crippen LogP contribution is 2.49. The SMILES string of the molecule is C=C(C)[C@H]1CC(=O)[C@](C)(CCC(C)=O)[C@@H](C)C1O[Si](C)(C)C(C)(C)C. The fraction of sp³-hybridized carbons (Fsp3) is 0.810. The topological polar surface area (TPSA) is 43.4 Å². The molecular weight excluding hydrogens is 328 g/mol. The number of Topliss-reactive ketones (excluding diaryl/α,β-unsaturated/α-hetero) is 2. The first-order chi connectivity index (χ1) is 11.1. The summed E-state index contributed by atoms with van der Waals surface area (Å²) in [5, 5.41) is 0.115. The molecule has 0 spiro atoms. The molecule has 0 heterocycles. The fourth-order valence-corrected chi connectivity index (χ4v) is 4.87. The molecule has 3 nitrogen and oxygen atoms in total. The molecule has 0 amide bonds. The summed E-state index contributed by atoms with van der Waals surface area (Å²) in [6, 6.07) is 0. The summed E-state index contributed by atoms with van der Waals surface area (Å²) >= 11 is 0. The first-order valence-corrected chi connectivity index (χ1v) is 12.4. The Morgan fingerprint density at radius 1 is 1.32 bits per heavy atom. The van der Waals surface area contributed by atoms with Crippen molar-refractivity contribution in [3.63, 3.8) is 0 Å². The second-order valence-corrected chi connectivity index (χ2v) is 14.6. The maximum atomic E-state index is 13.0. The Bertz CT molecular complexity index is 544. The Labute approximate surface area is 155 Å². The summed E-state index contributed by atoms with van der Waals surface area (Å²) in [5.41, 5.74) is 0.530. The number of hydrogen-bond acceptors (Lipinski definition) is 3. The van der Waals surface area contributed by atoms with Gasteiger partial charge in [-0.05, 0) is 44.3 Å². The lowest BCUT2D eigenvalue weighted by molar-refractivity contribution is -0.143. The van der Waals surface area contributed by atoms with Gasteiger partial charge in [-0.1, -0.05) is 46.8 Å². The largest absolute Gasteiger partial charge is 0.413 e. The predicted molar refractivity (Wildman–Crippen MR) is 107 cm³/mol. The van der Waals surface area contributed by atoms with Crippen molar-refractivity contribution in [2.45, 2.75) is 92.0 Å². The van der Waals surface area contributed by atoms with Gasteiger partial charge in [0.05, 0.1) is 6.10 Å². The lowest BCUT2D eigenvalue weighted by Crippen LogP contribution is -2.56. The van der Waals surface area contributed by atoms with Gasteiger partial charge in [-0.2, -0.15) is 0 Å². The van der Waals surface area contributed by atoms with Crippen LogP contribution in [0.25, 0.3) is 0 Å². The van der Waals surface area contributed by atoms with Crippen molar-refractivity contribution < 1.29 is 14.0 Å². The number of carbonyl (C=O) groups is 2. The Morgan fingerprint density at radius 3 is 2.24 bits per heavy atom. The molecule has 1 aliphatic rings. The number of ketones is 2. The molecular formula is C21H38O3Si. The van der Waals surface area contributed by atoms with Crippen LogP contribution in [-0.4, -0.2) is 26.0 Å². The first-order valence-electron chi connectivity index (χ1n) is 9.49. The van der Waals surface area contributed by atoms with Crippen LogP contribution >= 0.6 is 0 Å². The smallest absolute Gasteiger partial charge is 0.192 e. The van der Waals surface area contributed by atoms with Gasteiger partial charge in [-0.25, -0.2) is 0 Å². The molecule has 0 aromatic rings. The van der Waals surface area contributed by atoms with E-state index < -0.39 is 13.7 Å². The van der Waals surface area contributed by atoms with Crippen molar-refractivity contribution in [2.24, 2.45) is 17.3 Å². The Kier molecular flexibility index (Phi) is 6.67. The van der Waals surface area contributed by atoms with Gasteiger partial charge in [-0.3, -0.25) is 4.79 Å². The van der Waals surface area contributed by atoms with Gasteiger partial charge in [0.1, 0.15) is 11.6 Å². The van der Waals surface area contributed by atoms with Crippen molar-refractivity contribution in [1.29, 1.82) is 0 Å². The summed E-state index contributed by atoms with van der Waals surface area (Å²) in [7, 11) is -1.97. The molecule has 4 heteroatoms. The van der Waals surface area contributed by atoms with Crippen molar-refractivity contribution in [3.05, 3.63) is 12.2 Å². The molecule has 1 unspecified atom stereocenters. The monoisotopic (exact) mass is 366 g/mol. The van der Waals surface area contributed by atoms with Crippen LogP contribution in [0.15, 0.2) is 12.2 Å². The third-order valence-corrected chi connectivity index (χ3v) is 11.3. The molecule has 1 saturated carbocycles. The zero-order chi connectivity index (χ0) is 19.8. The zero-order valence-electron chi connectivity index (χ0n) is 17.8. The molecule has 1 fully saturated rings. The number of carbonyl (C=O) groups excluding carboxylic acids is 2. The third kappa shape index (κ3) is 4.71. The van der Waals surface area contributed by atoms with E-state index in [0.29, 0.717) is 19.3 Å². The molecule has 0 N–H and O–H groups in total. The number of hydrogen-bond donors (Lipinski definition) is 0. The minimum Gasteiger partial charge on any atom is -0.413 e. The van der Waals surface area contributed by atoms with E-state index in [-0.39, 0.29) is 34.5 Å². The zero-order valence-corrected chi connectivity index (χ0v) is 18.8. The van der Waals surface area contributed by atoms with E-state index in [1.165, 1.54) is 0 Å². The van der Waals surface area contributed by atoms with Crippen molar-refractivity contribution in [2.75, 3.05) is 0 Å². The van der Waals surface area contributed by atoms with Crippen LogP contribution in [0, 0.1) is 17.3 Å². The fourth-order valence-electron chi connectivity index (χ4n) is 3.47. The summed E-state index contributed by atoms with van der Waals surface area (Å²) in [6.45, 7) is 23.1. The quantitative estimate of drug-likeness (QED) is 0.457. The van der Waals surface area contributed by atoms with Crippen LogP contribution in [0.3, 0.4) is 0 Å². The van der Waals surface area contributed by atoms with E-state index in [1.807, 2.05) is 13.8 Å². The average molecular weight is 367 g/mol. The Morgan fingerprint density at radius 2 is 1.84 bits per heavy atom. The van der Waals surface area contributed by atoms with Gasteiger partial charge in [0.25, 0.3) is 0 Å². The molecule has 25 heavy (non-hydrogen) atoms. The third-order valence-electron chi connectivity index (χ3n) is 6.80. The summed E-state index contributed by atoms with van der Waals surface area (Å²) in [6.07, 6.45) is 1.54. The van der Waals surface area contributed by atoms with E-state index in [1.54, 1.807) is 6.92 Å². The molecule has 1 rings (SSSR count). The van der Waals surface area contributed by atoms with Crippen LogP contribution in [0.1, 0.15) is 67.7 Å². The summed E-state index contributed by atoms with van der Waals surface area (Å²) in [4.78, 5) is 24.5. The number of rotatable bonds is 6. The second kappa shape index (κ2) is 7.48.